The summed E-state index contributed by atoms with van der Waals surface area (Å²) in [5.41, 5.74) is 1.09. The van der Waals surface area contributed by atoms with E-state index < -0.39 is 0 Å². The zero-order valence-electron chi connectivity index (χ0n) is 10.8. The molecule has 0 bridgehead atoms. The largest absolute Gasteiger partial charge is 0.473 e. The molecule has 0 aliphatic heterocycles. The van der Waals surface area contributed by atoms with Gasteiger partial charge in [0.25, 0.3) is 0 Å². The molecule has 0 fully saturated rings. The Balaban J connectivity index is 1.95. The summed E-state index contributed by atoms with van der Waals surface area (Å²) in [5, 5.41) is 3.20. The van der Waals surface area contributed by atoms with Crippen LogP contribution >= 0.6 is 15.9 Å². The molecule has 4 nitrogen and oxygen atoms in total. The lowest BCUT2D eigenvalue weighted by Crippen LogP contribution is -2.03. The smallest absolute Gasteiger partial charge is 0.218 e. The zero-order valence-corrected chi connectivity index (χ0v) is 12.4. The first-order valence-corrected chi connectivity index (χ1v) is 7.00. The average Bonchev–Trinajstić information content (AvgIpc) is 2.43. The third kappa shape index (κ3) is 4.52. The van der Waals surface area contributed by atoms with Crippen molar-refractivity contribution in [3.8, 4) is 5.88 Å². The molecule has 5 heteroatoms. The highest BCUT2D eigenvalue weighted by Gasteiger charge is 2.00. The van der Waals surface area contributed by atoms with Crippen LogP contribution in [0.3, 0.4) is 0 Å². The van der Waals surface area contributed by atoms with E-state index in [1.54, 1.807) is 0 Å². The van der Waals surface area contributed by atoms with Crippen molar-refractivity contribution in [3.63, 3.8) is 0 Å². The molecule has 1 N–H and O–H groups in total. The molecule has 0 saturated carbocycles. The molecule has 2 aromatic rings. The van der Waals surface area contributed by atoms with Crippen LogP contribution in [-0.4, -0.2) is 16.5 Å². The van der Waals surface area contributed by atoms with Gasteiger partial charge in [0.15, 0.2) is 0 Å². The van der Waals surface area contributed by atoms with Crippen LogP contribution in [0.1, 0.15) is 18.9 Å². The van der Waals surface area contributed by atoms with Crippen molar-refractivity contribution in [1.82, 2.24) is 9.97 Å². The number of rotatable bonds is 6. The SMILES string of the molecule is CCCNc1cc(OCc2cccc(Br)c2)ncn1. The highest BCUT2D eigenvalue weighted by molar-refractivity contribution is 9.10. The third-order valence-electron chi connectivity index (χ3n) is 2.47. The summed E-state index contributed by atoms with van der Waals surface area (Å²) in [4.78, 5) is 8.24. The van der Waals surface area contributed by atoms with Gasteiger partial charge in [-0.1, -0.05) is 35.0 Å². The number of aromatic nitrogens is 2. The van der Waals surface area contributed by atoms with E-state index in [4.69, 9.17) is 4.74 Å². The highest BCUT2D eigenvalue weighted by atomic mass is 79.9. The molecule has 2 rings (SSSR count). The summed E-state index contributed by atoms with van der Waals surface area (Å²) in [7, 11) is 0. The van der Waals surface area contributed by atoms with Crippen molar-refractivity contribution >= 4 is 21.7 Å². The van der Waals surface area contributed by atoms with E-state index in [-0.39, 0.29) is 0 Å². The van der Waals surface area contributed by atoms with Gasteiger partial charge in [-0.05, 0) is 24.1 Å². The van der Waals surface area contributed by atoms with Crippen LogP contribution in [0.2, 0.25) is 0 Å². The fourth-order valence-electron chi connectivity index (χ4n) is 1.55. The van der Waals surface area contributed by atoms with Crippen molar-refractivity contribution in [3.05, 3.63) is 46.7 Å². The fourth-order valence-corrected chi connectivity index (χ4v) is 2.00. The Labute approximate surface area is 121 Å². The molecule has 0 unspecified atom stereocenters. The first-order valence-electron chi connectivity index (χ1n) is 6.21. The minimum atomic E-state index is 0.490. The second kappa shape index (κ2) is 7.09. The number of hydrogen-bond acceptors (Lipinski definition) is 4. The van der Waals surface area contributed by atoms with E-state index >= 15 is 0 Å². The van der Waals surface area contributed by atoms with Gasteiger partial charge in [-0.3, -0.25) is 0 Å². The molecule has 100 valence electrons. The predicted molar refractivity (Wildman–Crippen MR) is 79.3 cm³/mol. The van der Waals surface area contributed by atoms with Gasteiger partial charge in [0.05, 0.1) is 0 Å². The number of nitrogens with one attached hydrogen (secondary N) is 1. The van der Waals surface area contributed by atoms with Gasteiger partial charge in [-0.25, -0.2) is 9.97 Å². The van der Waals surface area contributed by atoms with Gasteiger partial charge in [0.1, 0.15) is 18.8 Å². The minimum Gasteiger partial charge on any atom is -0.473 e. The molecule has 0 spiro atoms. The van der Waals surface area contributed by atoms with Crippen molar-refractivity contribution in [2.75, 3.05) is 11.9 Å². The minimum absolute atomic E-state index is 0.490. The maximum atomic E-state index is 5.66. The molecule has 0 aliphatic carbocycles. The molecule has 0 atom stereocenters. The predicted octanol–water partition coefficient (Wildman–Crippen LogP) is 3.64. The number of halogens is 1. The summed E-state index contributed by atoms with van der Waals surface area (Å²) < 4.78 is 6.70. The first kappa shape index (κ1) is 13.8. The van der Waals surface area contributed by atoms with E-state index in [1.807, 2.05) is 30.3 Å². The Morgan fingerprint density at radius 2 is 2.16 bits per heavy atom. The van der Waals surface area contributed by atoms with Crippen LogP contribution < -0.4 is 10.1 Å². The Kier molecular flexibility index (Phi) is 5.15. The quantitative estimate of drug-likeness (QED) is 0.882. The number of anilines is 1. The Hall–Kier alpha value is -1.62. The molecule has 1 heterocycles. The lowest BCUT2D eigenvalue weighted by molar-refractivity contribution is 0.293. The average molecular weight is 322 g/mol. The topological polar surface area (TPSA) is 47.0 Å². The van der Waals surface area contributed by atoms with E-state index in [2.05, 4.69) is 38.1 Å². The molecule has 19 heavy (non-hydrogen) atoms. The van der Waals surface area contributed by atoms with Gasteiger partial charge in [-0.15, -0.1) is 0 Å². The van der Waals surface area contributed by atoms with Gasteiger partial charge in [-0.2, -0.15) is 0 Å². The van der Waals surface area contributed by atoms with Crippen molar-refractivity contribution < 1.29 is 4.74 Å². The fraction of sp³-hybridized carbons (Fsp3) is 0.286. The van der Waals surface area contributed by atoms with Crippen LogP contribution in [0.25, 0.3) is 0 Å². The molecule has 1 aromatic heterocycles. The molecule has 0 aliphatic rings. The van der Waals surface area contributed by atoms with E-state index in [1.165, 1.54) is 6.33 Å². The maximum absolute atomic E-state index is 5.66. The summed E-state index contributed by atoms with van der Waals surface area (Å²) in [6, 6.07) is 9.82. The van der Waals surface area contributed by atoms with Crippen LogP contribution in [0.4, 0.5) is 5.82 Å². The molecule has 0 amide bonds. The highest BCUT2D eigenvalue weighted by Crippen LogP contribution is 2.15. The summed E-state index contributed by atoms with van der Waals surface area (Å²) in [6.45, 7) is 3.49. The number of ether oxygens (including phenoxy) is 1. The second-order valence-corrected chi connectivity index (χ2v) is 5.00. The Bertz CT molecular complexity index is 534. The van der Waals surface area contributed by atoms with Crippen LogP contribution in [0.15, 0.2) is 41.1 Å². The van der Waals surface area contributed by atoms with Crippen LogP contribution in [0.5, 0.6) is 5.88 Å². The van der Waals surface area contributed by atoms with E-state index in [9.17, 15) is 0 Å². The third-order valence-corrected chi connectivity index (χ3v) is 2.97. The molecular weight excluding hydrogens is 306 g/mol. The van der Waals surface area contributed by atoms with Crippen molar-refractivity contribution in [2.24, 2.45) is 0 Å². The number of benzene rings is 1. The standard InChI is InChI=1S/C14H16BrN3O/c1-2-6-16-13-8-14(18-10-17-13)19-9-11-4-3-5-12(15)7-11/h3-5,7-8,10H,2,6,9H2,1H3,(H,16,17,18). The normalized spacial score (nSPS) is 10.2. The summed E-state index contributed by atoms with van der Waals surface area (Å²) >= 11 is 3.44. The van der Waals surface area contributed by atoms with Crippen LogP contribution in [-0.2, 0) is 6.61 Å². The van der Waals surface area contributed by atoms with Crippen molar-refractivity contribution in [1.29, 1.82) is 0 Å². The van der Waals surface area contributed by atoms with Crippen molar-refractivity contribution in [2.45, 2.75) is 20.0 Å². The first-order chi connectivity index (χ1) is 9.28. The van der Waals surface area contributed by atoms with Gasteiger partial charge >= 0.3 is 0 Å². The molecule has 0 radical (unpaired) electrons. The van der Waals surface area contributed by atoms with Crippen LogP contribution in [0, 0.1) is 0 Å². The lowest BCUT2D eigenvalue weighted by Gasteiger charge is -2.07. The van der Waals surface area contributed by atoms with Gasteiger partial charge in [0, 0.05) is 17.1 Å². The van der Waals surface area contributed by atoms with Gasteiger partial charge < -0.3 is 10.1 Å². The van der Waals surface area contributed by atoms with Gasteiger partial charge in [0.2, 0.25) is 5.88 Å². The molecule has 0 saturated heterocycles. The molecule has 1 aromatic carbocycles. The number of hydrogen-bond donors (Lipinski definition) is 1. The summed E-state index contributed by atoms with van der Waals surface area (Å²) in [5.74, 6) is 1.37. The second-order valence-electron chi connectivity index (χ2n) is 4.09. The van der Waals surface area contributed by atoms with E-state index in [0.717, 1.165) is 28.8 Å². The van der Waals surface area contributed by atoms with E-state index in [0.29, 0.717) is 12.5 Å². The Morgan fingerprint density at radius 3 is 2.95 bits per heavy atom. The maximum Gasteiger partial charge on any atom is 0.218 e. The summed E-state index contributed by atoms with van der Waals surface area (Å²) in [6.07, 6.45) is 2.56. The number of nitrogens with zero attached hydrogens (tertiary/aromatic N) is 2. The lowest BCUT2D eigenvalue weighted by atomic mass is 10.2. The molecular formula is C14H16BrN3O. The monoisotopic (exact) mass is 321 g/mol. The Morgan fingerprint density at radius 1 is 1.26 bits per heavy atom. The zero-order chi connectivity index (χ0) is 13.5.